The second kappa shape index (κ2) is 9.67. The average molecular weight is 371 g/mol. The van der Waals surface area contributed by atoms with E-state index in [0.717, 1.165) is 57.7 Å². The molecule has 2 aliphatic heterocycles. The molecule has 1 amide bonds. The molecule has 3 heterocycles. The summed E-state index contributed by atoms with van der Waals surface area (Å²) in [6.07, 6.45) is 5.87. The lowest BCUT2D eigenvalue weighted by Crippen LogP contribution is -2.51. The summed E-state index contributed by atoms with van der Waals surface area (Å²) in [6, 6.07) is 6.37. The summed E-state index contributed by atoms with van der Waals surface area (Å²) in [4.78, 5) is 21.5. The smallest absolute Gasteiger partial charge is 0.224 e. The van der Waals surface area contributed by atoms with Gasteiger partial charge in [-0.15, -0.1) is 0 Å². The Bertz CT molecular complexity index is 667. The van der Waals surface area contributed by atoms with E-state index in [1.807, 2.05) is 6.07 Å². The number of anilines is 1. The van der Waals surface area contributed by atoms with Crippen LogP contribution in [0.2, 0.25) is 0 Å². The zero-order valence-electron chi connectivity index (χ0n) is 16.1. The Morgan fingerprint density at radius 3 is 2.93 bits per heavy atom. The maximum absolute atomic E-state index is 12.4. The molecule has 7 heteroatoms. The maximum Gasteiger partial charge on any atom is 0.224 e. The first kappa shape index (κ1) is 19.6. The molecule has 7 nitrogen and oxygen atoms in total. The fraction of sp³-hybridized carbons (Fsp3) is 0.650. The highest BCUT2D eigenvalue weighted by Gasteiger charge is 2.32. The van der Waals surface area contributed by atoms with Crippen molar-refractivity contribution in [1.82, 2.24) is 15.2 Å². The van der Waals surface area contributed by atoms with Crippen molar-refractivity contribution >= 4 is 11.7 Å². The second-order valence-electron chi connectivity index (χ2n) is 7.32. The third kappa shape index (κ3) is 4.96. The van der Waals surface area contributed by atoms with Crippen LogP contribution in [-0.2, 0) is 9.53 Å². The van der Waals surface area contributed by atoms with E-state index < -0.39 is 0 Å². The van der Waals surface area contributed by atoms with Gasteiger partial charge in [-0.25, -0.2) is 4.98 Å². The van der Waals surface area contributed by atoms with Gasteiger partial charge in [-0.3, -0.25) is 9.69 Å². The first-order valence-electron chi connectivity index (χ1n) is 9.83. The van der Waals surface area contributed by atoms with Gasteiger partial charge in [-0.1, -0.05) is 0 Å². The lowest BCUT2D eigenvalue weighted by Gasteiger charge is -2.42. The van der Waals surface area contributed by atoms with E-state index in [-0.39, 0.29) is 11.8 Å². The highest BCUT2D eigenvalue weighted by atomic mass is 16.5. The number of piperidine rings is 2. The van der Waals surface area contributed by atoms with Crippen LogP contribution in [0.1, 0.15) is 31.2 Å². The van der Waals surface area contributed by atoms with Crippen LogP contribution in [-0.4, -0.2) is 68.3 Å². The third-order valence-corrected chi connectivity index (χ3v) is 5.62. The van der Waals surface area contributed by atoms with Gasteiger partial charge in [0.1, 0.15) is 11.9 Å². The summed E-state index contributed by atoms with van der Waals surface area (Å²) in [7, 11) is 1.64. The summed E-state index contributed by atoms with van der Waals surface area (Å²) in [5, 5.41) is 12.3. The Morgan fingerprint density at radius 2 is 2.19 bits per heavy atom. The number of carbonyl (C=O) groups is 1. The van der Waals surface area contributed by atoms with Crippen LogP contribution in [0, 0.1) is 17.2 Å². The highest BCUT2D eigenvalue weighted by Crippen LogP contribution is 2.27. The van der Waals surface area contributed by atoms with Gasteiger partial charge >= 0.3 is 0 Å². The summed E-state index contributed by atoms with van der Waals surface area (Å²) in [5.41, 5.74) is 0.640. The van der Waals surface area contributed by atoms with Gasteiger partial charge in [-0.2, -0.15) is 5.26 Å². The number of nitriles is 1. The molecule has 2 saturated heterocycles. The van der Waals surface area contributed by atoms with E-state index in [4.69, 9.17) is 4.74 Å². The molecule has 0 bridgehead atoms. The minimum atomic E-state index is 0.0783. The number of aromatic nitrogens is 1. The molecule has 2 fully saturated rings. The average Bonchev–Trinajstić information content (AvgIpc) is 2.74. The van der Waals surface area contributed by atoms with E-state index in [1.54, 1.807) is 19.4 Å². The van der Waals surface area contributed by atoms with Gasteiger partial charge in [0, 0.05) is 45.5 Å². The molecule has 0 saturated carbocycles. The molecule has 2 aliphatic rings. The standard InChI is InChI=1S/C20H29N5O2/c1-27-13-9-23-20(26)17-5-3-10-25(15-17)18-6-11-24(12-7-18)19-16(14-21)4-2-8-22-19/h2,4,8,17-18H,3,5-7,9-13,15H2,1H3,(H,23,26)/t17-/m1/s1. The monoisotopic (exact) mass is 371 g/mol. The maximum atomic E-state index is 12.4. The number of rotatable bonds is 6. The van der Waals surface area contributed by atoms with Crippen LogP contribution >= 0.6 is 0 Å². The third-order valence-electron chi connectivity index (χ3n) is 5.62. The Morgan fingerprint density at radius 1 is 1.37 bits per heavy atom. The normalized spacial score (nSPS) is 21.6. The number of likely N-dealkylation sites (tertiary alicyclic amines) is 1. The number of amides is 1. The van der Waals surface area contributed by atoms with Gasteiger partial charge in [0.25, 0.3) is 0 Å². The Labute approximate surface area is 161 Å². The summed E-state index contributed by atoms with van der Waals surface area (Å²) in [5.74, 6) is 1.03. The van der Waals surface area contributed by atoms with Crippen molar-refractivity contribution < 1.29 is 9.53 Å². The van der Waals surface area contributed by atoms with Gasteiger partial charge in [0.05, 0.1) is 18.1 Å². The minimum absolute atomic E-state index is 0.0783. The summed E-state index contributed by atoms with van der Waals surface area (Å²) >= 11 is 0. The fourth-order valence-corrected chi connectivity index (χ4v) is 4.15. The molecule has 1 aromatic rings. The number of carbonyl (C=O) groups excluding carboxylic acids is 1. The van der Waals surface area contributed by atoms with Crippen molar-refractivity contribution in [2.75, 3.05) is 51.3 Å². The lowest BCUT2D eigenvalue weighted by molar-refractivity contribution is -0.127. The predicted molar refractivity (Wildman–Crippen MR) is 103 cm³/mol. The van der Waals surface area contributed by atoms with Crippen molar-refractivity contribution in [3.05, 3.63) is 23.9 Å². The van der Waals surface area contributed by atoms with E-state index in [0.29, 0.717) is 24.8 Å². The van der Waals surface area contributed by atoms with E-state index in [2.05, 4.69) is 26.2 Å². The molecule has 3 rings (SSSR count). The quantitative estimate of drug-likeness (QED) is 0.761. The molecule has 1 atom stereocenters. The molecule has 0 aromatic carbocycles. The van der Waals surface area contributed by atoms with Crippen LogP contribution < -0.4 is 10.2 Å². The minimum Gasteiger partial charge on any atom is -0.383 e. The topological polar surface area (TPSA) is 81.5 Å². The number of pyridine rings is 1. The number of nitrogens with zero attached hydrogens (tertiary/aromatic N) is 4. The highest BCUT2D eigenvalue weighted by molar-refractivity contribution is 5.78. The largest absolute Gasteiger partial charge is 0.383 e. The van der Waals surface area contributed by atoms with Crippen LogP contribution in [0.15, 0.2) is 18.3 Å². The van der Waals surface area contributed by atoms with Crippen molar-refractivity contribution in [1.29, 1.82) is 5.26 Å². The van der Waals surface area contributed by atoms with Crippen LogP contribution in [0.4, 0.5) is 5.82 Å². The number of methoxy groups -OCH3 is 1. The molecule has 1 N–H and O–H groups in total. The van der Waals surface area contributed by atoms with Crippen LogP contribution in [0.25, 0.3) is 0 Å². The molecule has 1 aromatic heterocycles. The first-order chi connectivity index (χ1) is 13.2. The molecule has 0 radical (unpaired) electrons. The van der Waals surface area contributed by atoms with E-state index >= 15 is 0 Å². The second-order valence-corrected chi connectivity index (χ2v) is 7.32. The lowest BCUT2D eigenvalue weighted by atomic mass is 9.93. The number of hydrogen-bond acceptors (Lipinski definition) is 6. The molecule has 27 heavy (non-hydrogen) atoms. The van der Waals surface area contributed by atoms with Crippen molar-refractivity contribution in [3.63, 3.8) is 0 Å². The van der Waals surface area contributed by atoms with Gasteiger partial charge in [0.2, 0.25) is 5.91 Å². The Hall–Kier alpha value is -2.17. The van der Waals surface area contributed by atoms with E-state index in [9.17, 15) is 10.1 Å². The molecule has 0 aliphatic carbocycles. The van der Waals surface area contributed by atoms with Crippen LogP contribution in [0.3, 0.4) is 0 Å². The van der Waals surface area contributed by atoms with Gasteiger partial charge in [-0.05, 0) is 44.4 Å². The number of hydrogen-bond donors (Lipinski definition) is 1. The fourth-order valence-electron chi connectivity index (χ4n) is 4.15. The first-order valence-corrected chi connectivity index (χ1v) is 9.83. The molecular weight excluding hydrogens is 342 g/mol. The SMILES string of the molecule is COCCNC(=O)[C@@H]1CCCN(C2CCN(c3ncccc3C#N)CC2)C1. The number of ether oxygens (including phenoxy) is 1. The Balaban J connectivity index is 1.52. The zero-order chi connectivity index (χ0) is 19.1. The zero-order valence-corrected chi connectivity index (χ0v) is 16.1. The predicted octanol–water partition coefficient (Wildman–Crippen LogP) is 1.40. The molecular formula is C20H29N5O2. The van der Waals surface area contributed by atoms with Crippen LogP contribution in [0.5, 0.6) is 0 Å². The molecule has 0 spiro atoms. The van der Waals surface area contributed by atoms with Crippen molar-refractivity contribution in [2.24, 2.45) is 5.92 Å². The number of nitrogens with one attached hydrogen (secondary N) is 1. The van der Waals surface area contributed by atoms with Gasteiger partial charge < -0.3 is 15.0 Å². The molecule has 146 valence electrons. The Kier molecular flexibility index (Phi) is 7.02. The van der Waals surface area contributed by atoms with Gasteiger partial charge in [0.15, 0.2) is 0 Å². The van der Waals surface area contributed by atoms with E-state index in [1.165, 1.54) is 0 Å². The molecule has 0 unspecified atom stereocenters. The van der Waals surface area contributed by atoms with Crippen molar-refractivity contribution in [3.8, 4) is 6.07 Å². The summed E-state index contributed by atoms with van der Waals surface area (Å²) < 4.78 is 5.00. The van der Waals surface area contributed by atoms with Crippen molar-refractivity contribution in [2.45, 2.75) is 31.7 Å². The summed E-state index contributed by atoms with van der Waals surface area (Å²) in [6.45, 7) is 4.85.